The molecule has 1 aromatic carbocycles. The highest BCUT2D eigenvalue weighted by molar-refractivity contribution is 5.70. The molecule has 8 heteroatoms. The number of halogens is 1. The number of anilines is 2. The average molecular weight is 404 g/mol. The third-order valence-corrected chi connectivity index (χ3v) is 5.05. The zero-order valence-corrected chi connectivity index (χ0v) is 16.3. The highest BCUT2D eigenvalue weighted by Gasteiger charge is 2.17. The molecule has 1 N–H and O–H groups in total. The molecule has 0 spiro atoms. The summed E-state index contributed by atoms with van der Waals surface area (Å²) in [6, 6.07) is 12.3. The Morgan fingerprint density at radius 2 is 1.90 bits per heavy atom. The molecule has 0 atom stereocenters. The fourth-order valence-electron chi connectivity index (χ4n) is 3.57. The molecule has 2 aliphatic rings. The SMILES string of the molecule is Fc1cccc(-n2nccc2C2=CC=CN(c3ccnc(N4CCOCC4)c3)N2)c1. The van der Waals surface area contributed by atoms with Crippen LogP contribution in [0.25, 0.3) is 11.4 Å². The van der Waals surface area contributed by atoms with Gasteiger partial charge in [0.05, 0.1) is 42.2 Å². The van der Waals surface area contributed by atoms with E-state index in [4.69, 9.17) is 4.74 Å². The molecule has 7 nitrogen and oxygen atoms in total. The molecule has 0 amide bonds. The molecular formula is C22H21FN6O. The van der Waals surface area contributed by atoms with Crippen LogP contribution in [-0.4, -0.2) is 41.1 Å². The van der Waals surface area contributed by atoms with Crippen molar-refractivity contribution in [3.05, 3.63) is 84.7 Å². The zero-order valence-electron chi connectivity index (χ0n) is 16.3. The van der Waals surface area contributed by atoms with Crippen LogP contribution in [-0.2, 0) is 4.74 Å². The second kappa shape index (κ2) is 8.00. The quantitative estimate of drug-likeness (QED) is 0.721. The third kappa shape index (κ3) is 3.65. The topological polar surface area (TPSA) is 58.5 Å². The summed E-state index contributed by atoms with van der Waals surface area (Å²) in [6.45, 7) is 3.09. The highest BCUT2D eigenvalue weighted by atomic mass is 19.1. The molecule has 0 saturated carbocycles. The first kappa shape index (κ1) is 18.4. The summed E-state index contributed by atoms with van der Waals surface area (Å²) in [5.41, 5.74) is 6.72. The molecule has 1 fully saturated rings. The Hall–Kier alpha value is -3.65. The van der Waals surface area contributed by atoms with Gasteiger partial charge in [0.15, 0.2) is 0 Å². The van der Waals surface area contributed by atoms with Crippen LogP contribution in [0.4, 0.5) is 15.9 Å². The lowest BCUT2D eigenvalue weighted by atomic mass is 10.2. The first-order valence-corrected chi connectivity index (χ1v) is 9.81. The lowest BCUT2D eigenvalue weighted by Gasteiger charge is -2.30. The van der Waals surface area contributed by atoms with E-state index < -0.39 is 0 Å². The van der Waals surface area contributed by atoms with E-state index in [9.17, 15) is 4.39 Å². The molecule has 1 saturated heterocycles. The largest absolute Gasteiger partial charge is 0.378 e. The van der Waals surface area contributed by atoms with Gasteiger partial charge in [0, 0.05) is 31.6 Å². The average Bonchev–Trinajstić information content (AvgIpc) is 3.30. The molecule has 4 heterocycles. The van der Waals surface area contributed by atoms with E-state index in [1.807, 2.05) is 47.8 Å². The van der Waals surface area contributed by atoms with Crippen LogP contribution in [0.3, 0.4) is 0 Å². The van der Waals surface area contributed by atoms with E-state index in [1.165, 1.54) is 12.1 Å². The Morgan fingerprint density at radius 1 is 1.00 bits per heavy atom. The second-order valence-corrected chi connectivity index (χ2v) is 6.98. The number of pyridine rings is 1. The molecule has 152 valence electrons. The van der Waals surface area contributed by atoms with Gasteiger partial charge in [-0.15, -0.1) is 0 Å². The molecule has 2 aliphatic heterocycles. The molecule has 0 radical (unpaired) electrons. The number of nitrogens with zero attached hydrogens (tertiary/aromatic N) is 5. The fourth-order valence-corrected chi connectivity index (χ4v) is 3.57. The predicted molar refractivity (Wildman–Crippen MR) is 114 cm³/mol. The predicted octanol–water partition coefficient (Wildman–Crippen LogP) is 3.12. The summed E-state index contributed by atoms with van der Waals surface area (Å²) in [5, 5.41) is 6.31. The van der Waals surface area contributed by atoms with Crippen LogP contribution in [0, 0.1) is 5.82 Å². The summed E-state index contributed by atoms with van der Waals surface area (Å²) >= 11 is 0. The molecule has 3 aromatic rings. The summed E-state index contributed by atoms with van der Waals surface area (Å²) in [5.74, 6) is 0.625. The normalized spacial score (nSPS) is 16.4. The van der Waals surface area contributed by atoms with E-state index >= 15 is 0 Å². The van der Waals surface area contributed by atoms with Gasteiger partial charge < -0.3 is 9.64 Å². The number of benzene rings is 1. The minimum absolute atomic E-state index is 0.298. The van der Waals surface area contributed by atoms with Crippen molar-refractivity contribution >= 4 is 17.2 Å². The van der Waals surface area contributed by atoms with Gasteiger partial charge in [-0.1, -0.05) is 6.07 Å². The Labute approximate surface area is 173 Å². The van der Waals surface area contributed by atoms with Gasteiger partial charge in [0.25, 0.3) is 0 Å². The van der Waals surface area contributed by atoms with Gasteiger partial charge in [-0.3, -0.25) is 10.4 Å². The maximum atomic E-state index is 13.7. The van der Waals surface area contributed by atoms with E-state index in [2.05, 4.69) is 26.5 Å². The standard InChI is InChI=1S/C22H21FN6O/c23-17-3-1-4-19(15-17)29-21(7-9-25-29)20-5-2-10-28(26-20)18-6-8-24-22(16-18)27-11-13-30-14-12-27/h1-10,15-16,26H,11-14H2. The van der Waals surface area contributed by atoms with Crippen molar-refractivity contribution in [3.63, 3.8) is 0 Å². The smallest absolute Gasteiger partial charge is 0.130 e. The van der Waals surface area contributed by atoms with Crippen molar-refractivity contribution in [2.75, 3.05) is 36.2 Å². The fraction of sp³-hybridized carbons (Fsp3) is 0.182. The summed E-state index contributed by atoms with van der Waals surface area (Å²) in [7, 11) is 0. The van der Waals surface area contributed by atoms with Gasteiger partial charge in [-0.25, -0.2) is 14.1 Å². The number of ether oxygens (including phenoxy) is 1. The highest BCUT2D eigenvalue weighted by Crippen LogP contribution is 2.25. The van der Waals surface area contributed by atoms with Gasteiger partial charge >= 0.3 is 0 Å². The van der Waals surface area contributed by atoms with E-state index in [-0.39, 0.29) is 5.82 Å². The van der Waals surface area contributed by atoms with Crippen LogP contribution < -0.4 is 15.3 Å². The molecule has 0 bridgehead atoms. The number of allylic oxidation sites excluding steroid dienone is 2. The van der Waals surface area contributed by atoms with Crippen LogP contribution in [0.1, 0.15) is 5.69 Å². The van der Waals surface area contributed by atoms with Crippen molar-refractivity contribution in [3.8, 4) is 5.69 Å². The maximum Gasteiger partial charge on any atom is 0.130 e. The number of nitrogens with one attached hydrogen (secondary N) is 1. The minimum atomic E-state index is -0.298. The van der Waals surface area contributed by atoms with Gasteiger partial charge in [0.2, 0.25) is 0 Å². The monoisotopic (exact) mass is 404 g/mol. The Kier molecular flexibility index (Phi) is 4.90. The number of hydrazine groups is 1. The van der Waals surface area contributed by atoms with E-state index in [1.54, 1.807) is 16.9 Å². The Morgan fingerprint density at radius 3 is 2.77 bits per heavy atom. The molecule has 5 rings (SSSR count). The van der Waals surface area contributed by atoms with Crippen molar-refractivity contribution in [2.45, 2.75) is 0 Å². The maximum absolute atomic E-state index is 13.7. The molecule has 30 heavy (non-hydrogen) atoms. The van der Waals surface area contributed by atoms with Crippen molar-refractivity contribution in [1.29, 1.82) is 0 Å². The Bertz CT molecular complexity index is 1100. The third-order valence-electron chi connectivity index (χ3n) is 5.05. The van der Waals surface area contributed by atoms with Gasteiger partial charge in [-0.05, 0) is 42.5 Å². The lowest BCUT2D eigenvalue weighted by molar-refractivity contribution is 0.122. The van der Waals surface area contributed by atoms with Crippen LogP contribution in [0.5, 0.6) is 0 Å². The number of morpholine rings is 1. The summed E-state index contributed by atoms with van der Waals surface area (Å²) < 4.78 is 20.8. The van der Waals surface area contributed by atoms with Gasteiger partial charge in [0.1, 0.15) is 11.6 Å². The summed E-state index contributed by atoms with van der Waals surface area (Å²) in [4.78, 5) is 6.74. The van der Waals surface area contributed by atoms with Crippen molar-refractivity contribution in [2.24, 2.45) is 0 Å². The number of hydrogen-bond donors (Lipinski definition) is 1. The number of hydrogen-bond acceptors (Lipinski definition) is 6. The van der Waals surface area contributed by atoms with Crippen LogP contribution in [0.15, 0.2) is 73.2 Å². The van der Waals surface area contributed by atoms with Crippen LogP contribution >= 0.6 is 0 Å². The van der Waals surface area contributed by atoms with Crippen LogP contribution in [0.2, 0.25) is 0 Å². The van der Waals surface area contributed by atoms with Crippen molar-refractivity contribution in [1.82, 2.24) is 20.2 Å². The first-order chi connectivity index (χ1) is 14.8. The first-order valence-electron chi connectivity index (χ1n) is 9.81. The molecule has 0 aliphatic carbocycles. The second-order valence-electron chi connectivity index (χ2n) is 6.98. The number of rotatable bonds is 4. The van der Waals surface area contributed by atoms with Gasteiger partial charge in [-0.2, -0.15) is 5.10 Å². The molecular weight excluding hydrogens is 383 g/mol. The van der Waals surface area contributed by atoms with E-state index in [0.29, 0.717) is 18.9 Å². The lowest BCUT2D eigenvalue weighted by Crippen LogP contribution is -2.37. The van der Waals surface area contributed by atoms with E-state index in [0.717, 1.165) is 36.0 Å². The van der Waals surface area contributed by atoms with Crippen molar-refractivity contribution < 1.29 is 9.13 Å². The molecule has 2 aromatic heterocycles. The number of aromatic nitrogens is 3. The summed E-state index contributed by atoms with van der Waals surface area (Å²) in [6.07, 6.45) is 9.39. The minimum Gasteiger partial charge on any atom is -0.378 e. The Balaban J connectivity index is 1.40. The zero-order chi connectivity index (χ0) is 20.3. The molecule has 0 unspecified atom stereocenters.